The van der Waals surface area contributed by atoms with Gasteiger partial charge < -0.3 is 5.32 Å². The van der Waals surface area contributed by atoms with Crippen LogP contribution in [0.3, 0.4) is 0 Å². The van der Waals surface area contributed by atoms with Crippen LogP contribution in [-0.2, 0) is 4.79 Å². The van der Waals surface area contributed by atoms with Crippen molar-refractivity contribution in [2.45, 2.75) is 6.92 Å². The molecule has 0 aliphatic carbocycles. The molecule has 0 bridgehead atoms. The maximum absolute atomic E-state index is 12.9. The van der Waals surface area contributed by atoms with Gasteiger partial charge in [0.25, 0.3) is 0 Å². The number of hydrogen-bond donors (Lipinski definition) is 1. The minimum atomic E-state index is -1.00. The molecule has 2 aromatic rings. The fourth-order valence-corrected chi connectivity index (χ4v) is 1.96. The number of halogens is 2. The minimum Gasteiger partial charge on any atom is -0.322 e. The molecule has 1 aromatic carbocycles. The van der Waals surface area contributed by atoms with Crippen molar-refractivity contribution in [1.82, 2.24) is 4.98 Å². The number of aryl methyl sites for hydroxylation is 1. The maximum Gasteiger partial charge on any atom is 0.248 e. The van der Waals surface area contributed by atoms with Gasteiger partial charge in [-0.25, -0.2) is 13.8 Å². The van der Waals surface area contributed by atoms with Crippen LogP contribution in [0.1, 0.15) is 10.7 Å². The Kier molecular flexibility index (Phi) is 4.01. The number of amides is 1. The molecule has 0 saturated heterocycles. The van der Waals surface area contributed by atoms with E-state index in [1.54, 1.807) is 6.08 Å². The lowest BCUT2D eigenvalue weighted by Crippen LogP contribution is -2.08. The van der Waals surface area contributed by atoms with Crippen LogP contribution in [0.25, 0.3) is 6.08 Å². The molecule has 2 rings (SSSR count). The van der Waals surface area contributed by atoms with Crippen LogP contribution in [0.15, 0.2) is 29.7 Å². The Hall–Kier alpha value is -2.08. The van der Waals surface area contributed by atoms with Gasteiger partial charge in [0.15, 0.2) is 11.6 Å². The number of rotatable bonds is 3. The van der Waals surface area contributed by atoms with Gasteiger partial charge in [0.2, 0.25) is 5.91 Å². The van der Waals surface area contributed by atoms with Gasteiger partial charge in [-0.3, -0.25) is 4.79 Å². The Morgan fingerprint density at radius 1 is 1.37 bits per heavy atom. The topological polar surface area (TPSA) is 42.0 Å². The zero-order valence-corrected chi connectivity index (χ0v) is 10.8. The van der Waals surface area contributed by atoms with E-state index in [4.69, 9.17) is 0 Å². The van der Waals surface area contributed by atoms with Crippen molar-refractivity contribution in [2.75, 3.05) is 5.32 Å². The molecule has 1 aromatic heterocycles. The summed E-state index contributed by atoms with van der Waals surface area (Å²) in [5, 5.41) is 5.15. The molecule has 1 N–H and O–H groups in total. The highest BCUT2D eigenvalue weighted by atomic mass is 32.1. The number of aromatic nitrogens is 1. The summed E-state index contributed by atoms with van der Waals surface area (Å²) in [6.45, 7) is 1.86. The van der Waals surface area contributed by atoms with Gasteiger partial charge in [-0.15, -0.1) is 11.3 Å². The zero-order valence-electron chi connectivity index (χ0n) is 9.98. The summed E-state index contributed by atoms with van der Waals surface area (Å²) in [4.78, 5) is 15.7. The predicted octanol–water partition coefficient (Wildman–Crippen LogP) is 3.38. The summed E-state index contributed by atoms with van der Waals surface area (Å²) in [5.74, 6) is -2.39. The first-order chi connectivity index (χ1) is 9.04. The highest BCUT2D eigenvalue weighted by Crippen LogP contribution is 2.13. The van der Waals surface area contributed by atoms with E-state index in [-0.39, 0.29) is 5.69 Å². The van der Waals surface area contributed by atoms with Gasteiger partial charge in [-0.05, 0) is 25.1 Å². The molecule has 0 atom stereocenters. The first-order valence-corrected chi connectivity index (χ1v) is 6.29. The van der Waals surface area contributed by atoms with Crippen LogP contribution in [0.4, 0.5) is 14.5 Å². The van der Waals surface area contributed by atoms with Crippen molar-refractivity contribution < 1.29 is 13.6 Å². The normalized spacial score (nSPS) is 10.9. The Bertz CT molecular complexity index is 637. The first-order valence-electron chi connectivity index (χ1n) is 5.41. The Balaban J connectivity index is 2.01. The molecule has 3 nitrogen and oxygen atoms in total. The quantitative estimate of drug-likeness (QED) is 0.876. The number of hydrogen-bond acceptors (Lipinski definition) is 3. The number of nitrogens with one attached hydrogen (secondary N) is 1. The summed E-state index contributed by atoms with van der Waals surface area (Å²) < 4.78 is 25.6. The third-order valence-electron chi connectivity index (χ3n) is 2.23. The van der Waals surface area contributed by atoms with E-state index in [1.807, 2.05) is 12.3 Å². The molecule has 0 fully saturated rings. The van der Waals surface area contributed by atoms with Crippen LogP contribution < -0.4 is 5.32 Å². The first kappa shape index (κ1) is 13.4. The van der Waals surface area contributed by atoms with E-state index in [0.29, 0.717) is 5.69 Å². The smallest absolute Gasteiger partial charge is 0.248 e. The van der Waals surface area contributed by atoms with E-state index in [1.165, 1.54) is 23.5 Å². The Labute approximate surface area is 112 Å². The Morgan fingerprint density at radius 2 is 2.16 bits per heavy atom. The second-order valence-electron chi connectivity index (χ2n) is 3.74. The monoisotopic (exact) mass is 280 g/mol. The minimum absolute atomic E-state index is 0.197. The van der Waals surface area contributed by atoms with E-state index >= 15 is 0 Å². The SMILES string of the molecule is Cc1nc(C=CC(=O)Nc2ccc(F)c(F)c2)cs1. The van der Waals surface area contributed by atoms with Crippen molar-refractivity contribution in [1.29, 1.82) is 0 Å². The lowest BCUT2D eigenvalue weighted by molar-refractivity contribution is -0.111. The van der Waals surface area contributed by atoms with Gasteiger partial charge in [-0.2, -0.15) is 0 Å². The second-order valence-corrected chi connectivity index (χ2v) is 4.81. The number of benzene rings is 1. The molecule has 19 heavy (non-hydrogen) atoms. The largest absolute Gasteiger partial charge is 0.322 e. The fraction of sp³-hybridized carbons (Fsp3) is 0.0769. The van der Waals surface area contributed by atoms with E-state index in [9.17, 15) is 13.6 Å². The molecule has 0 aliphatic heterocycles. The summed E-state index contributed by atoms with van der Waals surface area (Å²) in [6, 6.07) is 3.17. The molecule has 0 radical (unpaired) electrons. The van der Waals surface area contributed by atoms with Crippen LogP contribution in [0, 0.1) is 18.6 Å². The van der Waals surface area contributed by atoms with Gasteiger partial charge in [0, 0.05) is 23.2 Å². The van der Waals surface area contributed by atoms with Crippen LogP contribution in [-0.4, -0.2) is 10.9 Å². The molecular weight excluding hydrogens is 270 g/mol. The molecule has 1 heterocycles. The molecule has 0 saturated carbocycles. The summed E-state index contributed by atoms with van der Waals surface area (Å²) >= 11 is 1.48. The van der Waals surface area contributed by atoms with Crippen molar-refractivity contribution >= 4 is 29.0 Å². The van der Waals surface area contributed by atoms with Crippen molar-refractivity contribution in [3.8, 4) is 0 Å². The summed E-state index contributed by atoms with van der Waals surface area (Å²) in [7, 11) is 0. The maximum atomic E-state index is 12.9. The molecule has 0 spiro atoms. The summed E-state index contributed by atoms with van der Waals surface area (Å²) in [6.07, 6.45) is 2.84. The van der Waals surface area contributed by atoms with Crippen LogP contribution in [0.5, 0.6) is 0 Å². The number of carbonyl (C=O) groups is 1. The van der Waals surface area contributed by atoms with Gasteiger partial charge in [0.05, 0.1) is 10.7 Å². The van der Waals surface area contributed by atoms with Crippen molar-refractivity contribution in [3.05, 3.63) is 52.0 Å². The lowest BCUT2D eigenvalue weighted by atomic mass is 10.3. The average Bonchev–Trinajstić information content (AvgIpc) is 2.77. The Morgan fingerprint density at radius 3 is 2.79 bits per heavy atom. The second kappa shape index (κ2) is 5.71. The van der Waals surface area contributed by atoms with Gasteiger partial charge >= 0.3 is 0 Å². The zero-order chi connectivity index (χ0) is 13.8. The van der Waals surface area contributed by atoms with Gasteiger partial charge in [-0.1, -0.05) is 0 Å². The van der Waals surface area contributed by atoms with E-state index in [2.05, 4.69) is 10.3 Å². The number of thiazole rings is 1. The summed E-state index contributed by atoms with van der Waals surface area (Å²) in [5.41, 5.74) is 0.881. The lowest BCUT2D eigenvalue weighted by Gasteiger charge is -2.02. The van der Waals surface area contributed by atoms with Crippen molar-refractivity contribution in [2.24, 2.45) is 0 Å². The van der Waals surface area contributed by atoms with Crippen LogP contribution in [0.2, 0.25) is 0 Å². The average molecular weight is 280 g/mol. The van der Waals surface area contributed by atoms with Gasteiger partial charge in [0.1, 0.15) is 0 Å². The molecule has 0 unspecified atom stereocenters. The fourth-order valence-electron chi connectivity index (χ4n) is 1.38. The predicted molar refractivity (Wildman–Crippen MR) is 70.9 cm³/mol. The molecule has 0 aliphatic rings. The standard InChI is InChI=1S/C13H10F2N2OS/c1-8-16-10(7-19-8)3-5-13(18)17-9-2-4-11(14)12(15)6-9/h2-7H,1H3,(H,17,18). The number of carbonyl (C=O) groups excluding carboxylic acids is 1. The number of anilines is 1. The third-order valence-corrected chi connectivity index (χ3v) is 3.02. The molecule has 6 heteroatoms. The molecular formula is C13H10F2N2OS. The highest BCUT2D eigenvalue weighted by molar-refractivity contribution is 7.09. The molecule has 1 amide bonds. The van der Waals surface area contributed by atoms with E-state index in [0.717, 1.165) is 17.1 Å². The third kappa shape index (κ3) is 3.69. The van der Waals surface area contributed by atoms with Crippen molar-refractivity contribution in [3.63, 3.8) is 0 Å². The van der Waals surface area contributed by atoms with E-state index < -0.39 is 17.5 Å². The highest BCUT2D eigenvalue weighted by Gasteiger charge is 2.04. The molecule has 98 valence electrons. The number of nitrogens with zero attached hydrogens (tertiary/aromatic N) is 1. The van der Waals surface area contributed by atoms with Crippen LogP contribution >= 0.6 is 11.3 Å².